The molecule has 2 saturated heterocycles. The second-order valence-electron chi connectivity index (χ2n) is 18.4. The molecule has 7 aromatic rings. The third-order valence-electron chi connectivity index (χ3n) is 12.4. The average molecular weight is 875 g/mol. The van der Waals surface area contributed by atoms with Crippen molar-refractivity contribution in [2.45, 2.75) is 46.0 Å². The first-order valence-corrected chi connectivity index (χ1v) is 22.6. The second-order valence-corrected chi connectivity index (χ2v) is 18.4. The number of aryl methyl sites for hydroxylation is 1. The molecule has 1 atom stereocenters. The highest BCUT2D eigenvalue weighted by molar-refractivity contribution is 5.94. The lowest BCUT2D eigenvalue weighted by molar-refractivity contribution is 0.233. The monoisotopic (exact) mass is 874 g/mol. The Morgan fingerprint density at radius 3 is 2.25 bits per heavy atom. The number of hydrogen-bond acceptors (Lipinski definition) is 12. The quantitative estimate of drug-likeness (QED) is 0.0671. The van der Waals surface area contributed by atoms with E-state index in [2.05, 4.69) is 122 Å². The molecule has 0 radical (unpaired) electrons. The number of nitrogens with zero attached hydrogens (tertiary/aromatic N) is 7. The van der Waals surface area contributed by atoms with Gasteiger partial charge >= 0.3 is 0 Å². The van der Waals surface area contributed by atoms with Crippen LogP contribution in [-0.2, 0) is 11.8 Å². The molecule has 14 heteroatoms. The standard InChI is InChI=1S/C51H59FN12O/c1-34-31-54-49(60-47(34)59-45-18-17-44(52)46-43(45)19-21-53-46)58-39-11-15-42(16-12-39)65-28-27-63-22-20-35(33-63)29-36-32-55-50(61-48(36)56-40-8-6-7-37(30-40)51(2,3)4)57-38-9-13-41(14-10-38)64-25-23-62(5)24-26-64/h6-19,21,30-32,35,53H,20,22-29,33H2,1-5H3,(H2,54,58,59,60)(H2,55,56,57,61). The van der Waals surface area contributed by atoms with E-state index in [0.29, 0.717) is 35.8 Å². The zero-order valence-electron chi connectivity index (χ0n) is 38.0. The predicted molar refractivity (Wildman–Crippen MR) is 262 cm³/mol. The smallest absolute Gasteiger partial charge is 0.229 e. The number of anilines is 9. The molecule has 1 unspecified atom stereocenters. The molecule has 4 aromatic carbocycles. The van der Waals surface area contributed by atoms with Gasteiger partial charge in [0.2, 0.25) is 11.9 Å². The van der Waals surface area contributed by atoms with E-state index >= 15 is 0 Å². The van der Waals surface area contributed by atoms with Crippen molar-refractivity contribution >= 4 is 62.9 Å². The van der Waals surface area contributed by atoms with Crippen molar-refractivity contribution in [2.75, 3.05) is 85.6 Å². The SMILES string of the molecule is Cc1cnc(Nc2ccc(OCCN3CCC(Cc4cnc(Nc5ccc(N6CCN(C)CC6)cc5)nc4Nc4cccc(C(C)(C)C)c4)C3)cc2)nc1Nc1ccc(F)c2[nH]ccc12. The maximum atomic E-state index is 14.3. The number of likely N-dealkylation sites (tertiary alicyclic amines) is 1. The normalized spacial score (nSPS) is 15.9. The summed E-state index contributed by atoms with van der Waals surface area (Å²) >= 11 is 0. The number of fused-ring (bicyclic) bond motifs is 1. The van der Waals surface area contributed by atoms with E-state index in [9.17, 15) is 4.39 Å². The number of hydrogen-bond donors (Lipinski definition) is 5. The summed E-state index contributed by atoms with van der Waals surface area (Å²) in [6, 6.07) is 30.0. The minimum atomic E-state index is -0.299. The van der Waals surface area contributed by atoms with Crippen molar-refractivity contribution in [2.24, 2.45) is 5.92 Å². The summed E-state index contributed by atoms with van der Waals surface area (Å²) in [5, 5.41) is 14.5. The lowest BCUT2D eigenvalue weighted by Gasteiger charge is -2.34. The number of benzene rings is 4. The van der Waals surface area contributed by atoms with Crippen LogP contribution in [0.25, 0.3) is 10.9 Å². The lowest BCUT2D eigenvalue weighted by atomic mass is 9.87. The minimum Gasteiger partial charge on any atom is -0.492 e. The fourth-order valence-electron chi connectivity index (χ4n) is 8.51. The number of aromatic amines is 1. The molecule has 3 aromatic heterocycles. The molecule has 0 bridgehead atoms. The Morgan fingerprint density at radius 1 is 0.769 bits per heavy atom. The van der Waals surface area contributed by atoms with Gasteiger partial charge in [0.05, 0.1) is 5.52 Å². The van der Waals surface area contributed by atoms with Crippen LogP contribution < -0.4 is 30.9 Å². The molecule has 5 N–H and O–H groups in total. The highest BCUT2D eigenvalue weighted by Gasteiger charge is 2.25. The fourth-order valence-corrected chi connectivity index (χ4v) is 8.51. The summed E-state index contributed by atoms with van der Waals surface area (Å²) in [4.78, 5) is 29.3. The molecule has 5 heterocycles. The second kappa shape index (κ2) is 19.1. The fraction of sp³-hybridized carbons (Fsp3) is 0.333. The van der Waals surface area contributed by atoms with Crippen LogP contribution in [-0.4, -0.2) is 94.2 Å². The van der Waals surface area contributed by atoms with Crippen LogP contribution in [0.2, 0.25) is 0 Å². The zero-order valence-corrected chi connectivity index (χ0v) is 38.0. The van der Waals surface area contributed by atoms with Gasteiger partial charge in [-0.3, -0.25) is 4.90 Å². The molecule has 65 heavy (non-hydrogen) atoms. The van der Waals surface area contributed by atoms with E-state index in [4.69, 9.17) is 19.7 Å². The Hall–Kier alpha value is -6.77. The average Bonchev–Trinajstić information content (AvgIpc) is 3.99. The maximum absolute atomic E-state index is 14.3. The number of piperazine rings is 1. The molecule has 0 amide bonds. The highest BCUT2D eigenvalue weighted by Crippen LogP contribution is 2.32. The third kappa shape index (κ3) is 10.8. The molecule has 13 nitrogen and oxygen atoms in total. The summed E-state index contributed by atoms with van der Waals surface area (Å²) in [5.41, 5.74) is 8.52. The molecule has 0 spiro atoms. The molecule has 9 rings (SSSR count). The minimum absolute atomic E-state index is 0.0266. The van der Waals surface area contributed by atoms with Gasteiger partial charge in [-0.25, -0.2) is 14.4 Å². The van der Waals surface area contributed by atoms with Crippen molar-refractivity contribution in [1.82, 2.24) is 34.7 Å². The van der Waals surface area contributed by atoms with Crippen molar-refractivity contribution in [1.29, 1.82) is 0 Å². The van der Waals surface area contributed by atoms with Crippen molar-refractivity contribution in [3.8, 4) is 5.75 Å². The van der Waals surface area contributed by atoms with Gasteiger partial charge in [0.1, 0.15) is 29.8 Å². The van der Waals surface area contributed by atoms with Gasteiger partial charge in [-0.15, -0.1) is 0 Å². The summed E-state index contributed by atoms with van der Waals surface area (Å²) in [7, 11) is 2.18. The van der Waals surface area contributed by atoms with E-state index in [0.717, 1.165) is 109 Å². The molecule has 2 aliphatic heterocycles. The molecule has 2 aliphatic rings. The van der Waals surface area contributed by atoms with Crippen LogP contribution in [0.1, 0.15) is 43.9 Å². The number of H-pyrrole nitrogens is 1. The molecular formula is C51H59FN12O. The van der Waals surface area contributed by atoms with Crippen molar-refractivity contribution in [3.63, 3.8) is 0 Å². The van der Waals surface area contributed by atoms with Gasteiger partial charge in [-0.1, -0.05) is 32.9 Å². The Bertz CT molecular complexity index is 2710. The molecule has 0 aliphatic carbocycles. The maximum Gasteiger partial charge on any atom is 0.229 e. The molecule has 0 saturated carbocycles. The number of likely N-dealkylation sites (N-methyl/N-ethyl adjacent to an activating group) is 1. The molecule has 2 fully saturated rings. The number of aromatic nitrogens is 5. The zero-order chi connectivity index (χ0) is 44.9. The molecule has 336 valence electrons. The number of halogens is 1. The Labute approximate surface area is 380 Å². The van der Waals surface area contributed by atoms with Gasteiger partial charge < -0.3 is 40.8 Å². The van der Waals surface area contributed by atoms with Crippen LogP contribution in [0, 0.1) is 18.7 Å². The van der Waals surface area contributed by atoms with E-state index in [1.807, 2.05) is 43.5 Å². The summed E-state index contributed by atoms with van der Waals surface area (Å²) in [6.07, 6.45) is 7.44. The van der Waals surface area contributed by atoms with E-state index in [1.165, 1.54) is 17.3 Å². The summed E-state index contributed by atoms with van der Waals surface area (Å²) in [6.45, 7) is 16.3. The number of nitrogens with one attached hydrogen (secondary N) is 5. The van der Waals surface area contributed by atoms with E-state index in [-0.39, 0.29) is 11.2 Å². The summed E-state index contributed by atoms with van der Waals surface area (Å²) < 4.78 is 20.5. The lowest BCUT2D eigenvalue weighted by Crippen LogP contribution is -2.44. The topological polar surface area (TPSA) is 134 Å². The summed E-state index contributed by atoms with van der Waals surface area (Å²) in [5.74, 6) is 3.45. The highest BCUT2D eigenvalue weighted by atomic mass is 19.1. The third-order valence-corrected chi connectivity index (χ3v) is 12.4. The first kappa shape index (κ1) is 43.5. The Morgan fingerprint density at radius 2 is 1.49 bits per heavy atom. The predicted octanol–water partition coefficient (Wildman–Crippen LogP) is 10.2. The van der Waals surface area contributed by atoms with Crippen LogP contribution in [0.5, 0.6) is 5.75 Å². The van der Waals surface area contributed by atoms with E-state index in [1.54, 1.807) is 18.5 Å². The number of ether oxygens (including phenoxy) is 1. The van der Waals surface area contributed by atoms with Gasteiger partial charge in [0, 0.05) is 103 Å². The van der Waals surface area contributed by atoms with Gasteiger partial charge in [0.15, 0.2) is 0 Å². The Kier molecular flexibility index (Phi) is 12.8. The van der Waals surface area contributed by atoms with Crippen LogP contribution >= 0.6 is 0 Å². The van der Waals surface area contributed by atoms with Crippen molar-refractivity contribution in [3.05, 3.63) is 132 Å². The van der Waals surface area contributed by atoms with Gasteiger partial charge in [-0.2, -0.15) is 9.97 Å². The van der Waals surface area contributed by atoms with Crippen LogP contribution in [0.15, 0.2) is 110 Å². The van der Waals surface area contributed by atoms with E-state index < -0.39 is 0 Å². The first-order valence-electron chi connectivity index (χ1n) is 22.6. The largest absolute Gasteiger partial charge is 0.492 e. The van der Waals surface area contributed by atoms with Gasteiger partial charge in [-0.05, 0) is 129 Å². The van der Waals surface area contributed by atoms with Gasteiger partial charge in [0.25, 0.3) is 0 Å². The van der Waals surface area contributed by atoms with Crippen molar-refractivity contribution < 1.29 is 9.13 Å². The Balaban J connectivity index is 0.792. The number of rotatable bonds is 15. The first-order chi connectivity index (χ1) is 31.5. The molecular weight excluding hydrogens is 816 g/mol. The van der Waals surface area contributed by atoms with Crippen LogP contribution in [0.3, 0.4) is 0 Å². The van der Waals surface area contributed by atoms with Crippen LogP contribution in [0.4, 0.5) is 56.4 Å².